The lowest BCUT2D eigenvalue weighted by atomic mass is 10.3. The lowest BCUT2D eigenvalue weighted by Crippen LogP contribution is -2.18. The van der Waals surface area contributed by atoms with E-state index in [-0.39, 0.29) is 11.3 Å². The summed E-state index contributed by atoms with van der Waals surface area (Å²) in [6.45, 7) is 0. The third-order valence-corrected chi connectivity index (χ3v) is 2.61. The highest BCUT2D eigenvalue weighted by Crippen LogP contribution is 2.21. The predicted molar refractivity (Wildman–Crippen MR) is 69.2 cm³/mol. The molecule has 2 heterocycles. The molecule has 4 N–H and O–H groups in total. The minimum absolute atomic E-state index is 0.0834. The number of aromatic amines is 1. The molecule has 0 aliphatic heterocycles. The van der Waals surface area contributed by atoms with Crippen LogP contribution in [0.25, 0.3) is 0 Å². The molecule has 0 aliphatic rings. The molecule has 0 fully saturated rings. The average Bonchev–Trinajstić information content (AvgIpc) is 2.33. The lowest BCUT2D eigenvalue weighted by molar-refractivity contribution is 0.102. The number of hydrogen-bond donors (Lipinski definition) is 3. The van der Waals surface area contributed by atoms with Gasteiger partial charge in [0.1, 0.15) is 11.5 Å². The number of aromatic nitrogens is 3. The molecule has 0 saturated carbocycles. The number of carbonyl (C=O) groups is 1. The number of amides is 1. The fourth-order valence-electron chi connectivity index (χ4n) is 1.19. The summed E-state index contributed by atoms with van der Waals surface area (Å²) in [6.07, 6.45) is 1.42. The molecule has 2 aromatic heterocycles. The normalized spacial score (nSPS) is 10.1. The average molecular weight is 310 g/mol. The van der Waals surface area contributed by atoms with Crippen LogP contribution in [0.1, 0.15) is 10.5 Å². The summed E-state index contributed by atoms with van der Waals surface area (Å²) in [6, 6.07) is 4.15. The number of H-pyrrole nitrogens is 1. The van der Waals surface area contributed by atoms with Crippen molar-refractivity contribution in [3.05, 3.63) is 44.9 Å². The van der Waals surface area contributed by atoms with Gasteiger partial charge >= 0.3 is 0 Å². The van der Waals surface area contributed by atoms with Crippen LogP contribution in [-0.4, -0.2) is 21.1 Å². The highest BCUT2D eigenvalue weighted by molar-refractivity contribution is 9.10. The molecule has 8 heteroatoms. The Bertz CT molecular complexity index is 634. The Kier molecular flexibility index (Phi) is 3.38. The number of nitrogens with two attached hydrogens (primary N) is 1. The van der Waals surface area contributed by atoms with E-state index in [2.05, 4.69) is 36.4 Å². The van der Waals surface area contributed by atoms with E-state index in [4.69, 9.17) is 5.73 Å². The molecule has 2 aromatic rings. The van der Waals surface area contributed by atoms with Gasteiger partial charge < -0.3 is 11.1 Å². The number of anilines is 2. The molecule has 0 aromatic carbocycles. The second-order valence-corrected chi connectivity index (χ2v) is 4.21. The van der Waals surface area contributed by atoms with Crippen molar-refractivity contribution in [1.29, 1.82) is 0 Å². The number of nitrogens with one attached hydrogen (secondary N) is 2. The van der Waals surface area contributed by atoms with Gasteiger partial charge in [0.15, 0.2) is 0 Å². The fraction of sp³-hybridized carbons (Fsp3) is 0. The lowest BCUT2D eigenvalue weighted by Gasteiger charge is -2.05. The highest BCUT2D eigenvalue weighted by Gasteiger charge is 2.10. The van der Waals surface area contributed by atoms with Crippen molar-refractivity contribution in [3.8, 4) is 0 Å². The van der Waals surface area contributed by atoms with Crippen molar-refractivity contribution in [1.82, 2.24) is 15.2 Å². The van der Waals surface area contributed by atoms with Crippen molar-refractivity contribution in [2.75, 3.05) is 11.1 Å². The zero-order chi connectivity index (χ0) is 13.1. The van der Waals surface area contributed by atoms with Crippen LogP contribution >= 0.6 is 15.9 Å². The maximum absolute atomic E-state index is 11.8. The first-order valence-corrected chi connectivity index (χ1v) is 5.63. The summed E-state index contributed by atoms with van der Waals surface area (Å²) in [7, 11) is 0. The topological polar surface area (TPSA) is 114 Å². The van der Waals surface area contributed by atoms with Gasteiger partial charge in [0.05, 0.1) is 16.4 Å². The van der Waals surface area contributed by atoms with E-state index in [1.54, 1.807) is 6.07 Å². The van der Waals surface area contributed by atoms with Crippen LogP contribution in [0.5, 0.6) is 0 Å². The second kappa shape index (κ2) is 4.96. The number of nitrogen functional groups attached to an aromatic ring is 1. The maximum Gasteiger partial charge on any atom is 0.277 e. The first-order chi connectivity index (χ1) is 8.56. The van der Waals surface area contributed by atoms with Gasteiger partial charge in [-0.05, 0) is 28.1 Å². The molecule has 1 amide bonds. The van der Waals surface area contributed by atoms with Crippen molar-refractivity contribution < 1.29 is 4.79 Å². The van der Waals surface area contributed by atoms with Gasteiger partial charge in [0, 0.05) is 6.07 Å². The van der Waals surface area contributed by atoms with Crippen molar-refractivity contribution in [2.45, 2.75) is 0 Å². The summed E-state index contributed by atoms with van der Waals surface area (Å²) < 4.78 is 0.556. The number of carbonyl (C=O) groups excluding carboxylic acids is 1. The number of pyridine rings is 1. The molecule has 0 spiro atoms. The van der Waals surface area contributed by atoms with Crippen molar-refractivity contribution >= 4 is 33.3 Å². The monoisotopic (exact) mass is 309 g/mol. The van der Waals surface area contributed by atoms with Gasteiger partial charge in [0.2, 0.25) is 0 Å². The number of hydrogen-bond acceptors (Lipinski definition) is 5. The largest absolute Gasteiger partial charge is 0.397 e. The smallest absolute Gasteiger partial charge is 0.277 e. The Balaban J connectivity index is 2.21. The molecule has 0 atom stereocenters. The Hall–Kier alpha value is -2.22. The van der Waals surface area contributed by atoms with Crippen LogP contribution in [0.3, 0.4) is 0 Å². The second-order valence-electron chi connectivity index (χ2n) is 3.36. The number of halogens is 1. The molecular formula is C10H8BrN5O2. The number of nitrogens with zero attached hydrogens (tertiary/aromatic N) is 2. The third-order valence-electron chi connectivity index (χ3n) is 2.01. The van der Waals surface area contributed by atoms with Crippen LogP contribution in [0.2, 0.25) is 0 Å². The zero-order valence-corrected chi connectivity index (χ0v) is 10.6. The maximum atomic E-state index is 11.8. The van der Waals surface area contributed by atoms with Gasteiger partial charge in [-0.1, -0.05) is 0 Å². The first-order valence-electron chi connectivity index (χ1n) is 4.84. The Morgan fingerprint density at radius 1 is 1.44 bits per heavy atom. The van der Waals surface area contributed by atoms with Gasteiger partial charge in [-0.2, -0.15) is 5.10 Å². The first kappa shape index (κ1) is 12.2. The summed E-state index contributed by atoms with van der Waals surface area (Å²) >= 11 is 3.22. The third kappa shape index (κ3) is 2.72. The van der Waals surface area contributed by atoms with Gasteiger partial charge in [-0.3, -0.25) is 9.59 Å². The summed E-state index contributed by atoms with van der Waals surface area (Å²) in [5, 5.41) is 8.31. The van der Waals surface area contributed by atoms with E-state index in [0.29, 0.717) is 16.0 Å². The standard InChI is InChI=1S/C10H8BrN5O2/c11-6-3-5(12)4-13-9(6)14-10(18)7-1-2-8(17)16-15-7/h1-4H,12H2,(H,16,17)(H,13,14,18). The van der Waals surface area contributed by atoms with Crippen molar-refractivity contribution in [3.63, 3.8) is 0 Å². The van der Waals surface area contributed by atoms with E-state index in [0.717, 1.165) is 0 Å². The molecule has 0 radical (unpaired) electrons. The molecule has 0 unspecified atom stereocenters. The van der Waals surface area contributed by atoms with Crippen LogP contribution in [-0.2, 0) is 0 Å². The van der Waals surface area contributed by atoms with E-state index in [1.807, 2.05) is 0 Å². The molecule has 92 valence electrons. The van der Waals surface area contributed by atoms with Crippen LogP contribution in [0.4, 0.5) is 11.5 Å². The summed E-state index contributed by atoms with van der Waals surface area (Å²) in [5.41, 5.74) is 5.71. The summed E-state index contributed by atoms with van der Waals surface area (Å²) in [5.74, 6) is -0.161. The predicted octanol–water partition coefficient (Wildman–Crippen LogP) is 0.762. The van der Waals surface area contributed by atoms with Gasteiger partial charge in [-0.15, -0.1) is 0 Å². The molecule has 7 nitrogen and oxygen atoms in total. The van der Waals surface area contributed by atoms with Crippen LogP contribution < -0.4 is 16.6 Å². The van der Waals surface area contributed by atoms with E-state index in [9.17, 15) is 9.59 Å². The minimum Gasteiger partial charge on any atom is -0.397 e. The Labute approximate surface area is 110 Å². The fourth-order valence-corrected chi connectivity index (χ4v) is 1.65. The summed E-state index contributed by atoms with van der Waals surface area (Å²) in [4.78, 5) is 26.5. The molecule has 0 saturated heterocycles. The van der Waals surface area contributed by atoms with Crippen molar-refractivity contribution in [2.24, 2.45) is 0 Å². The Morgan fingerprint density at radius 3 is 2.83 bits per heavy atom. The minimum atomic E-state index is -0.482. The molecule has 0 bridgehead atoms. The van der Waals surface area contributed by atoms with E-state index < -0.39 is 5.91 Å². The SMILES string of the molecule is Nc1cnc(NC(=O)c2ccc(=O)[nH]n2)c(Br)c1. The highest BCUT2D eigenvalue weighted by atomic mass is 79.9. The Morgan fingerprint density at radius 2 is 2.22 bits per heavy atom. The van der Waals surface area contributed by atoms with Crippen LogP contribution in [0.15, 0.2) is 33.7 Å². The molecule has 0 aliphatic carbocycles. The van der Waals surface area contributed by atoms with E-state index in [1.165, 1.54) is 18.3 Å². The van der Waals surface area contributed by atoms with Gasteiger partial charge in [-0.25, -0.2) is 10.1 Å². The molecular weight excluding hydrogens is 302 g/mol. The number of rotatable bonds is 2. The molecule has 18 heavy (non-hydrogen) atoms. The molecule has 2 rings (SSSR count). The van der Waals surface area contributed by atoms with Gasteiger partial charge in [0.25, 0.3) is 11.5 Å². The zero-order valence-electron chi connectivity index (χ0n) is 8.98. The van der Waals surface area contributed by atoms with E-state index >= 15 is 0 Å². The quantitative estimate of drug-likeness (QED) is 0.758. The van der Waals surface area contributed by atoms with Crippen LogP contribution in [0, 0.1) is 0 Å².